The average Bonchev–Trinajstić information content (AvgIpc) is 2.45. The van der Waals surface area contributed by atoms with Crippen LogP contribution in [-0.4, -0.2) is 23.6 Å². The standard InChI is InChI=1S/C14H17N3O/c1-3-8-16-14-13(15-9-10-17-14)11-6-4-5-7-12(11)18-2/h4-7,9-10H,3,8H2,1-2H3,(H,16,17). The van der Waals surface area contributed by atoms with E-state index in [1.165, 1.54) is 0 Å². The van der Waals surface area contributed by atoms with Gasteiger partial charge in [-0.1, -0.05) is 19.1 Å². The van der Waals surface area contributed by atoms with E-state index in [0.717, 1.165) is 35.8 Å². The van der Waals surface area contributed by atoms with Crippen molar-refractivity contribution in [2.75, 3.05) is 19.0 Å². The molecule has 0 aliphatic rings. The fourth-order valence-electron chi connectivity index (χ4n) is 1.75. The molecule has 0 amide bonds. The molecule has 1 aromatic carbocycles. The molecule has 0 saturated heterocycles. The summed E-state index contributed by atoms with van der Waals surface area (Å²) in [4.78, 5) is 8.74. The zero-order chi connectivity index (χ0) is 12.8. The van der Waals surface area contributed by atoms with E-state index in [1.807, 2.05) is 24.3 Å². The lowest BCUT2D eigenvalue weighted by Crippen LogP contribution is -2.05. The molecule has 0 aliphatic carbocycles. The van der Waals surface area contributed by atoms with Gasteiger partial charge in [0.05, 0.1) is 7.11 Å². The smallest absolute Gasteiger partial charge is 0.152 e. The number of rotatable bonds is 5. The van der Waals surface area contributed by atoms with E-state index in [2.05, 4.69) is 22.2 Å². The van der Waals surface area contributed by atoms with Crippen LogP contribution in [0.5, 0.6) is 5.75 Å². The van der Waals surface area contributed by atoms with Crippen LogP contribution in [0.2, 0.25) is 0 Å². The molecular formula is C14H17N3O. The Morgan fingerprint density at radius 2 is 1.94 bits per heavy atom. The van der Waals surface area contributed by atoms with E-state index >= 15 is 0 Å². The van der Waals surface area contributed by atoms with Crippen LogP contribution in [0, 0.1) is 0 Å². The first-order valence-electron chi connectivity index (χ1n) is 6.05. The molecule has 94 valence electrons. The van der Waals surface area contributed by atoms with Gasteiger partial charge in [-0.15, -0.1) is 0 Å². The summed E-state index contributed by atoms with van der Waals surface area (Å²) in [5, 5.41) is 3.28. The van der Waals surface area contributed by atoms with Crippen LogP contribution in [-0.2, 0) is 0 Å². The second-order valence-electron chi connectivity index (χ2n) is 3.88. The molecular weight excluding hydrogens is 226 g/mol. The quantitative estimate of drug-likeness (QED) is 0.877. The summed E-state index contributed by atoms with van der Waals surface area (Å²) in [6.07, 6.45) is 4.43. The number of ether oxygens (including phenoxy) is 1. The average molecular weight is 243 g/mol. The lowest BCUT2D eigenvalue weighted by molar-refractivity contribution is 0.416. The van der Waals surface area contributed by atoms with Crippen molar-refractivity contribution in [3.05, 3.63) is 36.7 Å². The molecule has 0 atom stereocenters. The van der Waals surface area contributed by atoms with E-state index in [0.29, 0.717) is 0 Å². The van der Waals surface area contributed by atoms with Crippen molar-refractivity contribution >= 4 is 5.82 Å². The predicted octanol–water partition coefficient (Wildman–Crippen LogP) is 2.97. The molecule has 1 N–H and O–H groups in total. The van der Waals surface area contributed by atoms with Gasteiger partial charge < -0.3 is 10.1 Å². The van der Waals surface area contributed by atoms with Gasteiger partial charge in [-0.3, -0.25) is 4.98 Å². The van der Waals surface area contributed by atoms with E-state index in [1.54, 1.807) is 19.5 Å². The van der Waals surface area contributed by atoms with Crippen LogP contribution in [0.1, 0.15) is 13.3 Å². The SMILES string of the molecule is CCCNc1nccnc1-c1ccccc1OC. The van der Waals surface area contributed by atoms with Crippen molar-refractivity contribution in [3.8, 4) is 17.0 Å². The summed E-state index contributed by atoms with van der Waals surface area (Å²) in [7, 11) is 1.66. The van der Waals surface area contributed by atoms with Crippen molar-refractivity contribution in [1.29, 1.82) is 0 Å². The molecule has 0 unspecified atom stereocenters. The first-order valence-corrected chi connectivity index (χ1v) is 6.05. The third-order valence-corrected chi connectivity index (χ3v) is 2.60. The van der Waals surface area contributed by atoms with Gasteiger partial charge in [-0.25, -0.2) is 4.98 Å². The fourth-order valence-corrected chi connectivity index (χ4v) is 1.75. The van der Waals surface area contributed by atoms with Crippen molar-refractivity contribution in [1.82, 2.24) is 9.97 Å². The Morgan fingerprint density at radius 1 is 1.17 bits per heavy atom. The zero-order valence-corrected chi connectivity index (χ0v) is 10.7. The molecule has 18 heavy (non-hydrogen) atoms. The highest BCUT2D eigenvalue weighted by Crippen LogP contribution is 2.31. The molecule has 0 fully saturated rings. The summed E-state index contributed by atoms with van der Waals surface area (Å²) in [5.41, 5.74) is 1.77. The normalized spacial score (nSPS) is 10.1. The largest absolute Gasteiger partial charge is 0.496 e. The Hall–Kier alpha value is -2.10. The van der Waals surface area contributed by atoms with Gasteiger partial charge in [-0.05, 0) is 18.6 Å². The van der Waals surface area contributed by atoms with Gasteiger partial charge >= 0.3 is 0 Å². The summed E-state index contributed by atoms with van der Waals surface area (Å²) < 4.78 is 5.36. The Kier molecular flexibility index (Phi) is 4.12. The minimum Gasteiger partial charge on any atom is -0.496 e. The minimum absolute atomic E-state index is 0.795. The van der Waals surface area contributed by atoms with Gasteiger partial charge in [0.2, 0.25) is 0 Å². The first kappa shape index (κ1) is 12.4. The molecule has 0 spiro atoms. The van der Waals surface area contributed by atoms with Crippen molar-refractivity contribution in [3.63, 3.8) is 0 Å². The molecule has 2 aromatic rings. The lowest BCUT2D eigenvalue weighted by atomic mass is 10.1. The van der Waals surface area contributed by atoms with Crippen LogP contribution in [0.25, 0.3) is 11.3 Å². The molecule has 1 heterocycles. The molecule has 0 radical (unpaired) electrons. The number of anilines is 1. The van der Waals surface area contributed by atoms with Gasteiger partial charge in [0.1, 0.15) is 11.4 Å². The predicted molar refractivity (Wildman–Crippen MR) is 72.8 cm³/mol. The number of nitrogens with zero attached hydrogens (tertiary/aromatic N) is 2. The third-order valence-electron chi connectivity index (χ3n) is 2.60. The number of benzene rings is 1. The molecule has 4 nitrogen and oxygen atoms in total. The van der Waals surface area contributed by atoms with Gasteiger partial charge in [0.15, 0.2) is 5.82 Å². The zero-order valence-electron chi connectivity index (χ0n) is 10.7. The summed E-state index contributed by atoms with van der Waals surface area (Å²) >= 11 is 0. The Morgan fingerprint density at radius 3 is 2.72 bits per heavy atom. The molecule has 2 rings (SSSR count). The fraction of sp³-hybridized carbons (Fsp3) is 0.286. The maximum Gasteiger partial charge on any atom is 0.152 e. The van der Waals surface area contributed by atoms with Crippen molar-refractivity contribution in [2.24, 2.45) is 0 Å². The Bertz CT molecular complexity index is 514. The van der Waals surface area contributed by atoms with Crippen LogP contribution in [0.3, 0.4) is 0 Å². The van der Waals surface area contributed by atoms with Crippen molar-refractivity contribution in [2.45, 2.75) is 13.3 Å². The summed E-state index contributed by atoms with van der Waals surface area (Å²) in [5.74, 6) is 1.60. The Labute approximate surface area is 107 Å². The number of methoxy groups -OCH3 is 1. The van der Waals surface area contributed by atoms with E-state index in [4.69, 9.17) is 4.74 Å². The first-order chi connectivity index (χ1) is 8.86. The number of aromatic nitrogens is 2. The monoisotopic (exact) mass is 243 g/mol. The van der Waals surface area contributed by atoms with Crippen LogP contribution in [0.15, 0.2) is 36.7 Å². The van der Waals surface area contributed by atoms with Crippen LogP contribution < -0.4 is 10.1 Å². The van der Waals surface area contributed by atoms with Crippen LogP contribution >= 0.6 is 0 Å². The Balaban J connectivity index is 2.43. The summed E-state index contributed by atoms with van der Waals surface area (Å²) in [6.45, 7) is 2.99. The molecule has 0 saturated carbocycles. The number of nitrogens with one attached hydrogen (secondary N) is 1. The molecule has 4 heteroatoms. The molecule has 0 aliphatic heterocycles. The van der Waals surface area contributed by atoms with Gasteiger partial charge in [0, 0.05) is 24.5 Å². The number of hydrogen-bond acceptors (Lipinski definition) is 4. The maximum absolute atomic E-state index is 5.36. The second kappa shape index (κ2) is 6.00. The highest BCUT2D eigenvalue weighted by Gasteiger charge is 2.11. The summed E-state index contributed by atoms with van der Waals surface area (Å²) in [6, 6.07) is 7.82. The maximum atomic E-state index is 5.36. The number of hydrogen-bond donors (Lipinski definition) is 1. The van der Waals surface area contributed by atoms with Gasteiger partial charge in [0.25, 0.3) is 0 Å². The van der Waals surface area contributed by atoms with Gasteiger partial charge in [-0.2, -0.15) is 0 Å². The molecule has 1 aromatic heterocycles. The minimum atomic E-state index is 0.795. The van der Waals surface area contributed by atoms with E-state index < -0.39 is 0 Å². The van der Waals surface area contributed by atoms with E-state index in [-0.39, 0.29) is 0 Å². The molecule has 0 bridgehead atoms. The third kappa shape index (κ3) is 2.59. The lowest BCUT2D eigenvalue weighted by Gasteiger charge is -2.11. The number of para-hydroxylation sites is 1. The second-order valence-corrected chi connectivity index (χ2v) is 3.88. The van der Waals surface area contributed by atoms with E-state index in [9.17, 15) is 0 Å². The topological polar surface area (TPSA) is 47.0 Å². The van der Waals surface area contributed by atoms with Crippen molar-refractivity contribution < 1.29 is 4.74 Å². The van der Waals surface area contributed by atoms with Crippen LogP contribution in [0.4, 0.5) is 5.82 Å². The highest BCUT2D eigenvalue weighted by molar-refractivity contribution is 5.75. The highest BCUT2D eigenvalue weighted by atomic mass is 16.5.